The summed E-state index contributed by atoms with van der Waals surface area (Å²) in [6, 6.07) is 7.61. The zero-order valence-electron chi connectivity index (χ0n) is 15.4. The predicted octanol–water partition coefficient (Wildman–Crippen LogP) is 3.75. The number of benzene rings is 1. The molecule has 1 amide bonds. The number of nitrogens with zero attached hydrogens (tertiary/aromatic N) is 2. The minimum absolute atomic E-state index is 0.185. The number of aryl methyl sites for hydroxylation is 1. The van der Waals surface area contributed by atoms with Crippen LogP contribution in [0.1, 0.15) is 26.5 Å². The summed E-state index contributed by atoms with van der Waals surface area (Å²) in [6.07, 6.45) is 1.79. The van der Waals surface area contributed by atoms with Crippen LogP contribution < -0.4 is 5.32 Å². The molecule has 0 radical (unpaired) electrons. The van der Waals surface area contributed by atoms with Crippen molar-refractivity contribution < 1.29 is 13.2 Å². The van der Waals surface area contributed by atoms with Gasteiger partial charge in [-0.25, -0.2) is 13.4 Å². The number of sulfonamides is 1. The second kappa shape index (κ2) is 7.40. The Kier molecular flexibility index (Phi) is 5.09. The van der Waals surface area contributed by atoms with Gasteiger partial charge >= 0.3 is 0 Å². The number of rotatable bonds is 4. The monoisotopic (exact) mass is 433 g/mol. The van der Waals surface area contributed by atoms with Crippen molar-refractivity contribution in [3.8, 4) is 10.6 Å². The summed E-state index contributed by atoms with van der Waals surface area (Å²) in [7, 11) is -3.23. The van der Waals surface area contributed by atoms with Crippen molar-refractivity contribution in [3.05, 3.63) is 56.7 Å². The van der Waals surface area contributed by atoms with E-state index < -0.39 is 10.0 Å². The van der Waals surface area contributed by atoms with Crippen LogP contribution in [0.5, 0.6) is 0 Å². The maximum Gasteiger partial charge on any atom is 0.267 e. The average Bonchev–Trinajstić information content (AvgIpc) is 3.30. The topological polar surface area (TPSA) is 79.4 Å². The first kappa shape index (κ1) is 19.3. The number of amides is 1. The lowest BCUT2D eigenvalue weighted by molar-refractivity contribution is 0.102. The number of carbonyl (C=O) groups is 1. The van der Waals surface area contributed by atoms with E-state index in [1.54, 1.807) is 11.3 Å². The highest BCUT2D eigenvalue weighted by Crippen LogP contribution is 2.31. The fourth-order valence-corrected chi connectivity index (χ4v) is 5.75. The van der Waals surface area contributed by atoms with Crippen LogP contribution in [-0.4, -0.2) is 36.4 Å². The summed E-state index contributed by atoms with van der Waals surface area (Å²) in [5.74, 6) is -0.185. The molecule has 146 valence electrons. The molecule has 0 fully saturated rings. The largest absolute Gasteiger partial charge is 0.321 e. The maximum absolute atomic E-state index is 12.9. The minimum atomic E-state index is -3.23. The van der Waals surface area contributed by atoms with Crippen molar-refractivity contribution >= 4 is 44.3 Å². The van der Waals surface area contributed by atoms with Crippen molar-refractivity contribution in [3.63, 3.8) is 0 Å². The first-order valence-corrected chi connectivity index (χ1v) is 12.3. The second-order valence-electron chi connectivity index (χ2n) is 6.69. The minimum Gasteiger partial charge on any atom is -0.321 e. The lowest BCUT2D eigenvalue weighted by Crippen LogP contribution is -2.35. The summed E-state index contributed by atoms with van der Waals surface area (Å²) in [5, 5.41) is 7.84. The zero-order valence-corrected chi connectivity index (χ0v) is 17.9. The quantitative estimate of drug-likeness (QED) is 0.680. The zero-order chi connectivity index (χ0) is 19.9. The van der Waals surface area contributed by atoms with Gasteiger partial charge in [0.25, 0.3) is 5.91 Å². The van der Waals surface area contributed by atoms with Crippen molar-refractivity contribution in [2.24, 2.45) is 0 Å². The van der Waals surface area contributed by atoms with Crippen LogP contribution in [0.25, 0.3) is 10.6 Å². The summed E-state index contributed by atoms with van der Waals surface area (Å²) >= 11 is 2.98. The highest BCUT2D eigenvalue weighted by Gasteiger charge is 2.25. The molecule has 3 aromatic rings. The first-order chi connectivity index (χ1) is 13.3. The molecule has 1 N–H and O–H groups in total. The second-order valence-corrected chi connectivity index (χ2v) is 10.5. The van der Waals surface area contributed by atoms with Crippen LogP contribution in [-0.2, 0) is 23.0 Å². The molecule has 9 heteroatoms. The fourth-order valence-electron chi connectivity index (χ4n) is 3.28. The normalized spacial score (nSPS) is 14.6. The molecule has 1 aliphatic rings. The number of hydrogen-bond acceptors (Lipinski definition) is 6. The van der Waals surface area contributed by atoms with Crippen LogP contribution in [0.2, 0.25) is 0 Å². The molecule has 3 heterocycles. The molecule has 2 aromatic heterocycles. The van der Waals surface area contributed by atoms with E-state index >= 15 is 0 Å². The molecule has 0 unspecified atom stereocenters. The Morgan fingerprint density at radius 2 is 2.11 bits per heavy atom. The third kappa shape index (κ3) is 3.75. The molecule has 0 aliphatic carbocycles. The molecule has 0 atom stereocenters. The van der Waals surface area contributed by atoms with Gasteiger partial charge in [-0.1, -0.05) is 12.1 Å². The standard InChI is InChI=1S/C19H19N3O3S3/c1-12-17(27-19(20-12)14-7-9-26-11-14)18(23)21-16-5-3-4-13-10-22(28(2,24)25)8-6-15(13)16/h3-5,7,9,11H,6,8,10H2,1-2H3,(H,21,23). The van der Waals surface area contributed by atoms with Crippen LogP contribution in [0.4, 0.5) is 5.69 Å². The van der Waals surface area contributed by atoms with E-state index in [0.717, 1.165) is 27.4 Å². The van der Waals surface area contributed by atoms with Crippen molar-refractivity contribution in [2.75, 3.05) is 18.1 Å². The van der Waals surface area contributed by atoms with E-state index in [4.69, 9.17) is 0 Å². The van der Waals surface area contributed by atoms with Gasteiger partial charge in [-0.05, 0) is 42.0 Å². The van der Waals surface area contributed by atoms with Crippen LogP contribution in [0.3, 0.4) is 0 Å². The number of thiazole rings is 1. The molecule has 6 nitrogen and oxygen atoms in total. The maximum atomic E-state index is 12.9. The molecule has 4 rings (SSSR count). The third-order valence-corrected chi connectivity index (χ3v) is 7.86. The lowest BCUT2D eigenvalue weighted by atomic mass is 9.99. The average molecular weight is 434 g/mol. The highest BCUT2D eigenvalue weighted by molar-refractivity contribution is 7.88. The number of hydrogen-bond donors (Lipinski definition) is 1. The van der Waals surface area contributed by atoms with E-state index in [-0.39, 0.29) is 5.91 Å². The summed E-state index contributed by atoms with van der Waals surface area (Å²) in [6.45, 7) is 2.59. The molecule has 0 spiro atoms. The Bertz CT molecular complexity index is 1130. The van der Waals surface area contributed by atoms with Crippen LogP contribution in [0, 0.1) is 6.92 Å². The molecule has 0 bridgehead atoms. The van der Waals surface area contributed by atoms with Gasteiger partial charge in [0.1, 0.15) is 9.88 Å². The Balaban J connectivity index is 1.58. The van der Waals surface area contributed by atoms with E-state index in [1.807, 2.05) is 41.9 Å². The highest BCUT2D eigenvalue weighted by atomic mass is 32.2. The number of fused-ring (bicyclic) bond motifs is 1. The lowest BCUT2D eigenvalue weighted by Gasteiger charge is -2.28. The van der Waals surface area contributed by atoms with Gasteiger partial charge in [-0.3, -0.25) is 4.79 Å². The van der Waals surface area contributed by atoms with E-state index in [0.29, 0.717) is 30.1 Å². The molecule has 28 heavy (non-hydrogen) atoms. The number of thiophene rings is 1. The van der Waals surface area contributed by atoms with Crippen LogP contribution in [0.15, 0.2) is 35.0 Å². The number of anilines is 1. The molecule has 1 aliphatic heterocycles. The van der Waals surface area contributed by atoms with Gasteiger partial charge in [0.05, 0.1) is 11.9 Å². The fraction of sp³-hybridized carbons (Fsp3) is 0.263. The predicted molar refractivity (Wildman–Crippen MR) is 114 cm³/mol. The molecular weight excluding hydrogens is 414 g/mol. The number of aromatic nitrogens is 1. The van der Waals surface area contributed by atoms with Gasteiger partial charge in [-0.15, -0.1) is 11.3 Å². The molecular formula is C19H19N3O3S3. The van der Waals surface area contributed by atoms with E-state index in [9.17, 15) is 13.2 Å². The third-order valence-electron chi connectivity index (χ3n) is 4.72. The van der Waals surface area contributed by atoms with Gasteiger partial charge < -0.3 is 5.32 Å². The van der Waals surface area contributed by atoms with E-state index in [2.05, 4.69) is 10.3 Å². The van der Waals surface area contributed by atoms with E-state index in [1.165, 1.54) is 21.9 Å². The molecule has 0 saturated heterocycles. The van der Waals surface area contributed by atoms with Crippen molar-refractivity contribution in [1.82, 2.24) is 9.29 Å². The Morgan fingerprint density at radius 3 is 2.82 bits per heavy atom. The summed E-state index contributed by atoms with van der Waals surface area (Å²) < 4.78 is 25.1. The van der Waals surface area contributed by atoms with Crippen molar-refractivity contribution in [2.45, 2.75) is 19.9 Å². The van der Waals surface area contributed by atoms with Gasteiger partial charge in [0.2, 0.25) is 10.0 Å². The van der Waals surface area contributed by atoms with Crippen LogP contribution >= 0.6 is 22.7 Å². The molecule has 1 aromatic carbocycles. The first-order valence-electron chi connectivity index (χ1n) is 8.70. The van der Waals surface area contributed by atoms with Gasteiger partial charge in [0, 0.05) is 29.7 Å². The number of nitrogens with one attached hydrogen (secondary N) is 1. The number of carbonyl (C=O) groups excluding carboxylic acids is 1. The smallest absolute Gasteiger partial charge is 0.267 e. The Labute approximate surface area is 171 Å². The summed E-state index contributed by atoms with van der Waals surface area (Å²) in [5.41, 5.74) is 4.39. The Hall–Kier alpha value is -2.07. The summed E-state index contributed by atoms with van der Waals surface area (Å²) in [4.78, 5) is 18.0. The Morgan fingerprint density at radius 1 is 1.29 bits per heavy atom. The molecule has 0 saturated carbocycles. The van der Waals surface area contributed by atoms with Gasteiger partial charge in [0.15, 0.2) is 0 Å². The SMILES string of the molecule is Cc1nc(-c2ccsc2)sc1C(=O)Nc1cccc2c1CCN(S(C)(=O)=O)C2. The van der Waals surface area contributed by atoms with Gasteiger partial charge in [-0.2, -0.15) is 15.6 Å². The van der Waals surface area contributed by atoms with Crippen molar-refractivity contribution in [1.29, 1.82) is 0 Å².